The molecule has 1 aliphatic carbocycles. The molecule has 0 fully saturated rings. The second kappa shape index (κ2) is 17.0. The SMILES string of the molecule is CCOC(=O)c1c(NC(=O)C(CC)Sc2cccc(NC(=O)/C(=C\c3ccccc3OC)NC(=O)c3ccccc3)c2)sc2c1CCCC2. The third kappa shape index (κ3) is 8.98. The largest absolute Gasteiger partial charge is 0.496 e. The number of fused-ring (bicyclic) bond motifs is 1. The third-order valence-corrected chi connectivity index (χ3v) is 10.5. The second-order valence-electron chi connectivity index (χ2n) is 11.2. The molecule has 5 rings (SSSR count). The number of ether oxygens (including phenoxy) is 2. The monoisotopic (exact) mass is 697 g/mol. The van der Waals surface area contributed by atoms with Crippen LogP contribution in [0.4, 0.5) is 10.7 Å². The molecule has 0 spiro atoms. The summed E-state index contributed by atoms with van der Waals surface area (Å²) in [4.78, 5) is 55.1. The van der Waals surface area contributed by atoms with Gasteiger partial charge in [-0.3, -0.25) is 14.4 Å². The maximum atomic E-state index is 13.7. The van der Waals surface area contributed by atoms with Gasteiger partial charge in [-0.2, -0.15) is 0 Å². The van der Waals surface area contributed by atoms with Gasteiger partial charge in [-0.05, 0) is 87.1 Å². The minimum absolute atomic E-state index is 0.0262. The Morgan fingerprint density at radius 3 is 2.43 bits per heavy atom. The zero-order valence-corrected chi connectivity index (χ0v) is 29.3. The number of methoxy groups -OCH3 is 1. The normalized spacial score (nSPS) is 13.1. The Balaban J connectivity index is 1.33. The van der Waals surface area contributed by atoms with Crippen molar-refractivity contribution in [3.05, 3.63) is 112 Å². The Labute approximate surface area is 294 Å². The van der Waals surface area contributed by atoms with Crippen molar-refractivity contribution < 1.29 is 28.7 Å². The van der Waals surface area contributed by atoms with Gasteiger partial charge in [-0.25, -0.2) is 4.79 Å². The number of carbonyl (C=O) groups is 4. The number of benzene rings is 3. The van der Waals surface area contributed by atoms with Gasteiger partial charge in [0, 0.05) is 26.6 Å². The van der Waals surface area contributed by atoms with Crippen LogP contribution in [0.3, 0.4) is 0 Å². The van der Waals surface area contributed by atoms with E-state index in [-0.39, 0.29) is 18.2 Å². The highest BCUT2D eigenvalue weighted by Gasteiger charge is 2.29. The first-order chi connectivity index (χ1) is 23.8. The van der Waals surface area contributed by atoms with Gasteiger partial charge in [0.2, 0.25) is 5.91 Å². The molecular formula is C38H39N3O6S2. The quantitative estimate of drug-likeness (QED) is 0.0743. The Morgan fingerprint density at radius 2 is 1.67 bits per heavy atom. The Kier molecular flexibility index (Phi) is 12.3. The number of thiophene rings is 1. The zero-order valence-electron chi connectivity index (χ0n) is 27.7. The van der Waals surface area contributed by atoms with Crippen molar-refractivity contribution in [3.63, 3.8) is 0 Å². The Hall–Kier alpha value is -4.87. The number of hydrogen-bond donors (Lipinski definition) is 3. The van der Waals surface area contributed by atoms with Gasteiger partial charge in [0.15, 0.2) is 0 Å². The lowest BCUT2D eigenvalue weighted by molar-refractivity contribution is -0.116. The number of hydrogen-bond acceptors (Lipinski definition) is 8. The molecule has 254 valence electrons. The smallest absolute Gasteiger partial charge is 0.341 e. The van der Waals surface area contributed by atoms with Crippen LogP contribution in [0.25, 0.3) is 6.08 Å². The number of carbonyl (C=O) groups excluding carboxylic acids is 4. The van der Waals surface area contributed by atoms with Crippen LogP contribution in [0.5, 0.6) is 5.75 Å². The van der Waals surface area contributed by atoms with E-state index in [1.54, 1.807) is 67.6 Å². The third-order valence-electron chi connectivity index (χ3n) is 7.89. The standard InChI is InChI=1S/C38H39N3O6S2/c1-4-31(36(44)41-37-33(38(45)47-5-2)28-19-10-12-21-32(28)49-37)48-27-18-13-17-26(23-27)39-35(43)29(22-25-16-9-11-20-30(25)46-3)40-34(42)24-14-7-6-8-15-24/h6-9,11,13-18,20,22-23,31H,4-5,10,12,19,21H2,1-3H3,(H,39,43)(H,40,42)(H,41,44)/b29-22+. The molecule has 3 N–H and O–H groups in total. The maximum absolute atomic E-state index is 13.7. The molecule has 4 aromatic rings. The molecule has 0 saturated heterocycles. The van der Waals surface area contributed by atoms with Crippen LogP contribution >= 0.6 is 23.1 Å². The Bertz CT molecular complexity index is 1850. The average molecular weight is 698 g/mol. The molecule has 49 heavy (non-hydrogen) atoms. The molecule has 1 aliphatic rings. The number of rotatable bonds is 13. The summed E-state index contributed by atoms with van der Waals surface area (Å²) in [6, 6.07) is 23.0. The fraction of sp³-hybridized carbons (Fsp3) is 0.263. The molecule has 11 heteroatoms. The molecule has 0 bridgehead atoms. The summed E-state index contributed by atoms with van der Waals surface area (Å²) in [5.41, 5.74) is 3.01. The van der Waals surface area contributed by atoms with Gasteiger partial charge in [0.25, 0.3) is 11.8 Å². The second-order valence-corrected chi connectivity index (χ2v) is 13.6. The minimum Gasteiger partial charge on any atom is -0.496 e. The van der Waals surface area contributed by atoms with Gasteiger partial charge in [0.1, 0.15) is 16.4 Å². The van der Waals surface area contributed by atoms with Crippen LogP contribution in [-0.2, 0) is 27.2 Å². The van der Waals surface area contributed by atoms with Crippen molar-refractivity contribution in [2.45, 2.75) is 56.1 Å². The van der Waals surface area contributed by atoms with Gasteiger partial charge in [0.05, 0.1) is 24.5 Å². The molecule has 3 amide bonds. The first-order valence-corrected chi connectivity index (χ1v) is 17.9. The van der Waals surface area contributed by atoms with E-state index in [9.17, 15) is 19.2 Å². The van der Waals surface area contributed by atoms with Gasteiger partial charge < -0.3 is 25.4 Å². The van der Waals surface area contributed by atoms with E-state index in [0.717, 1.165) is 41.0 Å². The van der Waals surface area contributed by atoms with Crippen molar-refractivity contribution in [1.29, 1.82) is 0 Å². The van der Waals surface area contributed by atoms with Gasteiger partial charge in [-0.15, -0.1) is 23.1 Å². The van der Waals surface area contributed by atoms with E-state index in [0.29, 0.717) is 39.5 Å². The first-order valence-electron chi connectivity index (χ1n) is 16.2. The number of thioether (sulfide) groups is 1. The van der Waals surface area contributed by atoms with E-state index in [2.05, 4.69) is 16.0 Å². The molecule has 1 unspecified atom stereocenters. The lowest BCUT2D eigenvalue weighted by Crippen LogP contribution is -2.30. The van der Waals surface area contributed by atoms with Crippen LogP contribution in [0.2, 0.25) is 0 Å². The summed E-state index contributed by atoms with van der Waals surface area (Å²) in [7, 11) is 1.54. The molecule has 0 radical (unpaired) electrons. The lowest BCUT2D eigenvalue weighted by atomic mass is 9.95. The number of esters is 1. The fourth-order valence-electron chi connectivity index (χ4n) is 5.48. The van der Waals surface area contributed by atoms with E-state index in [1.807, 2.05) is 31.2 Å². The summed E-state index contributed by atoms with van der Waals surface area (Å²) in [5, 5.41) is 8.75. The molecule has 3 aromatic carbocycles. The highest BCUT2D eigenvalue weighted by molar-refractivity contribution is 8.00. The average Bonchev–Trinajstić information content (AvgIpc) is 3.48. The van der Waals surface area contributed by atoms with Gasteiger partial charge >= 0.3 is 5.97 Å². The summed E-state index contributed by atoms with van der Waals surface area (Å²) in [6.45, 7) is 3.96. The predicted octanol–water partition coefficient (Wildman–Crippen LogP) is 7.73. The number of nitrogens with one attached hydrogen (secondary N) is 3. The number of amides is 3. The summed E-state index contributed by atoms with van der Waals surface area (Å²) >= 11 is 2.83. The lowest BCUT2D eigenvalue weighted by Gasteiger charge is -2.16. The number of aryl methyl sites for hydroxylation is 1. The predicted molar refractivity (Wildman–Crippen MR) is 195 cm³/mol. The van der Waals surface area contributed by atoms with Crippen molar-refractivity contribution in [2.75, 3.05) is 24.4 Å². The first kappa shape index (κ1) is 35.4. The van der Waals surface area contributed by atoms with Gasteiger partial charge in [-0.1, -0.05) is 49.4 Å². The Morgan fingerprint density at radius 1 is 0.918 bits per heavy atom. The maximum Gasteiger partial charge on any atom is 0.341 e. The summed E-state index contributed by atoms with van der Waals surface area (Å²) in [6.07, 6.45) is 5.84. The van der Waals surface area contributed by atoms with E-state index >= 15 is 0 Å². The van der Waals surface area contributed by atoms with Crippen molar-refractivity contribution >= 4 is 63.6 Å². The molecule has 9 nitrogen and oxygen atoms in total. The molecule has 1 heterocycles. The molecule has 0 saturated carbocycles. The molecular weight excluding hydrogens is 659 g/mol. The number of anilines is 2. The van der Waals surface area contributed by atoms with Crippen molar-refractivity contribution in [2.24, 2.45) is 0 Å². The highest BCUT2D eigenvalue weighted by Crippen LogP contribution is 2.39. The van der Waals surface area contributed by atoms with E-state index in [1.165, 1.54) is 30.2 Å². The van der Waals surface area contributed by atoms with Crippen molar-refractivity contribution in [3.8, 4) is 5.75 Å². The van der Waals surface area contributed by atoms with Crippen LogP contribution in [0.15, 0.2) is 89.5 Å². The minimum atomic E-state index is -0.532. The van der Waals surface area contributed by atoms with Crippen LogP contribution < -0.4 is 20.7 Å². The van der Waals surface area contributed by atoms with E-state index in [4.69, 9.17) is 9.47 Å². The van der Waals surface area contributed by atoms with Crippen LogP contribution in [-0.4, -0.2) is 42.7 Å². The topological polar surface area (TPSA) is 123 Å². The fourth-order valence-corrected chi connectivity index (χ4v) is 7.77. The van der Waals surface area contributed by atoms with Crippen LogP contribution in [0, 0.1) is 0 Å². The summed E-state index contributed by atoms with van der Waals surface area (Å²) < 4.78 is 10.8. The van der Waals surface area contributed by atoms with Crippen molar-refractivity contribution in [1.82, 2.24) is 5.32 Å². The van der Waals surface area contributed by atoms with E-state index < -0.39 is 23.0 Å². The van der Waals surface area contributed by atoms with Crippen LogP contribution in [0.1, 0.15) is 69.8 Å². The highest BCUT2D eigenvalue weighted by atomic mass is 32.2. The summed E-state index contributed by atoms with van der Waals surface area (Å²) in [5.74, 6) is -1.04. The molecule has 1 atom stereocenters. The zero-order chi connectivity index (χ0) is 34.8. The molecule has 0 aliphatic heterocycles. The number of para-hydroxylation sites is 1. The molecule has 1 aromatic heterocycles.